The van der Waals surface area contributed by atoms with Crippen LogP contribution in [0.5, 0.6) is 0 Å². The van der Waals surface area contributed by atoms with Crippen molar-refractivity contribution in [1.82, 2.24) is 10.2 Å². The molecule has 0 bridgehead atoms. The molecule has 2 N–H and O–H groups in total. The first kappa shape index (κ1) is 24.8. The third-order valence-corrected chi connectivity index (χ3v) is 7.30. The standard InChI is InChI=1S/C28H34N2O5/c1-19(9-7-14-25(31)30-16-8-15-28(2,18-30)26(32)33)29-27(34)35-17-24-22-12-5-3-10-20(22)21-11-4-6-13-23(21)24/h3-6,10-13,19,24H,7-9,14-18H2,1-2H3,(H,29,34)(H,32,33). The van der Waals surface area contributed by atoms with Gasteiger partial charge in [-0.05, 0) is 61.8 Å². The summed E-state index contributed by atoms with van der Waals surface area (Å²) in [5.74, 6) is -0.858. The molecule has 1 aliphatic carbocycles. The number of carbonyl (C=O) groups is 3. The molecule has 1 saturated heterocycles. The fourth-order valence-corrected chi connectivity index (χ4v) is 5.26. The van der Waals surface area contributed by atoms with Crippen LogP contribution in [0.2, 0.25) is 0 Å². The van der Waals surface area contributed by atoms with Crippen LogP contribution in [-0.4, -0.2) is 53.7 Å². The van der Waals surface area contributed by atoms with Gasteiger partial charge in [-0.15, -0.1) is 0 Å². The minimum absolute atomic E-state index is 0.0158. The van der Waals surface area contributed by atoms with Crippen LogP contribution in [0.1, 0.15) is 63.0 Å². The van der Waals surface area contributed by atoms with Crippen LogP contribution in [0.15, 0.2) is 48.5 Å². The molecule has 1 heterocycles. The smallest absolute Gasteiger partial charge is 0.407 e. The summed E-state index contributed by atoms with van der Waals surface area (Å²) in [6.45, 7) is 4.73. The normalized spacial score (nSPS) is 20.0. The molecule has 1 fully saturated rings. The van der Waals surface area contributed by atoms with E-state index in [9.17, 15) is 19.5 Å². The minimum Gasteiger partial charge on any atom is -0.481 e. The highest BCUT2D eigenvalue weighted by atomic mass is 16.5. The second-order valence-corrected chi connectivity index (χ2v) is 10.0. The highest BCUT2D eigenvalue weighted by Gasteiger charge is 2.39. The van der Waals surface area contributed by atoms with Gasteiger partial charge < -0.3 is 20.1 Å². The largest absolute Gasteiger partial charge is 0.481 e. The van der Waals surface area contributed by atoms with Crippen molar-refractivity contribution in [2.45, 2.75) is 57.9 Å². The van der Waals surface area contributed by atoms with E-state index in [1.54, 1.807) is 11.8 Å². The Kier molecular flexibility index (Phi) is 7.43. The van der Waals surface area contributed by atoms with E-state index in [1.807, 2.05) is 31.2 Å². The molecule has 2 amide bonds. The van der Waals surface area contributed by atoms with Crippen LogP contribution in [-0.2, 0) is 14.3 Å². The molecule has 2 aromatic carbocycles. The number of benzene rings is 2. The Morgan fingerprint density at radius 3 is 2.37 bits per heavy atom. The van der Waals surface area contributed by atoms with Gasteiger partial charge >= 0.3 is 12.1 Å². The van der Waals surface area contributed by atoms with E-state index in [2.05, 4.69) is 29.6 Å². The molecule has 1 aliphatic heterocycles. The molecule has 186 valence electrons. The molecule has 35 heavy (non-hydrogen) atoms. The summed E-state index contributed by atoms with van der Waals surface area (Å²) in [5.41, 5.74) is 3.85. The molecule has 7 nitrogen and oxygen atoms in total. The van der Waals surface area contributed by atoms with E-state index in [-0.39, 0.29) is 31.0 Å². The average molecular weight is 479 g/mol. The van der Waals surface area contributed by atoms with Gasteiger partial charge in [0.25, 0.3) is 0 Å². The highest BCUT2D eigenvalue weighted by molar-refractivity contribution is 5.80. The molecular weight excluding hydrogens is 444 g/mol. The topological polar surface area (TPSA) is 95.9 Å². The predicted molar refractivity (Wildman–Crippen MR) is 133 cm³/mol. The SMILES string of the molecule is CC(CCCC(=O)N1CCCC(C)(C(=O)O)C1)NC(=O)OCC1c2ccccc2-c2ccccc21. The van der Waals surface area contributed by atoms with Gasteiger partial charge in [0.15, 0.2) is 0 Å². The number of nitrogens with zero attached hydrogens (tertiary/aromatic N) is 1. The van der Waals surface area contributed by atoms with Gasteiger partial charge in [-0.3, -0.25) is 9.59 Å². The van der Waals surface area contributed by atoms with Crippen LogP contribution in [0.4, 0.5) is 4.79 Å². The molecule has 4 rings (SSSR count). The summed E-state index contributed by atoms with van der Waals surface area (Å²) < 4.78 is 5.60. The Morgan fingerprint density at radius 1 is 1.11 bits per heavy atom. The molecule has 7 heteroatoms. The maximum absolute atomic E-state index is 12.6. The van der Waals surface area contributed by atoms with Crippen molar-refractivity contribution in [3.05, 3.63) is 59.7 Å². The Balaban J connectivity index is 1.21. The lowest BCUT2D eigenvalue weighted by Crippen LogP contribution is -2.48. The number of amides is 2. The van der Waals surface area contributed by atoms with Crippen molar-refractivity contribution in [2.24, 2.45) is 5.41 Å². The van der Waals surface area contributed by atoms with E-state index in [1.165, 1.54) is 22.3 Å². The number of hydrogen-bond donors (Lipinski definition) is 2. The number of aliphatic carboxylic acids is 1. The number of likely N-dealkylation sites (tertiary alicyclic amines) is 1. The molecule has 2 atom stereocenters. The zero-order valence-corrected chi connectivity index (χ0v) is 20.5. The van der Waals surface area contributed by atoms with Gasteiger partial charge in [-0.2, -0.15) is 0 Å². The van der Waals surface area contributed by atoms with Crippen LogP contribution in [0, 0.1) is 5.41 Å². The van der Waals surface area contributed by atoms with Crippen LogP contribution >= 0.6 is 0 Å². The summed E-state index contributed by atoms with van der Waals surface area (Å²) in [5, 5.41) is 12.3. The zero-order chi connectivity index (χ0) is 25.0. The Bertz CT molecular complexity index is 1050. The number of fused-ring (bicyclic) bond motifs is 3. The number of alkyl carbamates (subject to hydrolysis) is 1. The van der Waals surface area contributed by atoms with Crippen molar-refractivity contribution in [3.8, 4) is 11.1 Å². The third kappa shape index (κ3) is 5.50. The van der Waals surface area contributed by atoms with E-state index in [0.717, 1.165) is 0 Å². The molecule has 2 unspecified atom stereocenters. The summed E-state index contributed by atoms with van der Waals surface area (Å²) in [6, 6.07) is 16.3. The average Bonchev–Trinajstić information content (AvgIpc) is 3.16. The van der Waals surface area contributed by atoms with E-state index in [4.69, 9.17) is 4.74 Å². The Hall–Kier alpha value is -3.35. The van der Waals surface area contributed by atoms with Crippen molar-refractivity contribution < 1.29 is 24.2 Å². The molecule has 2 aliphatic rings. The van der Waals surface area contributed by atoms with Crippen LogP contribution in [0.3, 0.4) is 0 Å². The van der Waals surface area contributed by atoms with Gasteiger partial charge in [-0.1, -0.05) is 48.5 Å². The second kappa shape index (κ2) is 10.5. The third-order valence-electron chi connectivity index (χ3n) is 7.30. The molecule has 0 spiro atoms. The van der Waals surface area contributed by atoms with Crippen molar-refractivity contribution >= 4 is 18.0 Å². The van der Waals surface area contributed by atoms with Crippen molar-refractivity contribution in [2.75, 3.05) is 19.7 Å². The first-order valence-electron chi connectivity index (χ1n) is 12.4. The van der Waals surface area contributed by atoms with Crippen LogP contribution < -0.4 is 5.32 Å². The predicted octanol–water partition coefficient (Wildman–Crippen LogP) is 4.80. The maximum atomic E-state index is 12.6. The Morgan fingerprint density at radius 2 is 1.74 bits per heavy atom. The summed E-state index contributed by atoms with van der Waals surface area (Å²) >= 11 is 0. The molecular formula is C28H34N2O5. The van der Waals surface area contributed by atoms with Gasteiger partial charge in [0.1, 0.15) is 6.61 Å². The zero-order valence-electron chi connectivity index (χ0n) is 20.5. The molecule has 2 aromatic rings. The molecule has 0 radical (unpaired) electrons. The number of carbonyl (C=O) groups excluding carboxylic acids is 2. The van der Waals surface area contributed by atoms with Gasteiger partial charge in [0, 0.05) is 31.5 Å². The van der Waals surface area contributed by atoms with Crippen molar-refractivity contribution in [3.63, 3.8) is 0 Å². The summed E-state index contributed by atoms with van der Waals surface area (Å²) in [6.07, 6.45) is 2.43. The van der Waals surface area contributed by atoms with E-state index in [0.29, 0.717) is 38.6 Å². The lowest BCUT2D eigenvalue weighted by atomic mass is 9.82. The first-order chi connectivity index (χ1) is 16.8. The maximum Gasteiger partial charge on any atom is 0.407 e. The number of nitrogens with one attached hydrogen (secondary N) is 1. The van der Waals surface area contributed by atoms with Crippen LogP contribution in [0.25, 0.3) is 11.1 Å². The van der Waals surface area contributed by atoms with Crippen molar-refractivity contribution in [1.29, 1.82) is 0 Å². The number of piperidine rings is 1. The summed E-state index contributed by atoms with van der Waals surface area (Å²) in [4.78, 5) is 38.2. The highest BCUT2D eigenvalue weighted by Crippen LogP contribution is 2.44. The molecule has 0 saturated carbocycles. The molecule has 0 aromatic heterocycles. The number of carboxylic acid groups (broad SMARTS) is 1. The first-order valence-corrected chi connectivity index (χ1v) is 12.4. The Labute approximate surface area is 206 Å². The van der Waals surface area contributed by atoms with E-state index >= 15 is 0 Å². The lowest BCUT2D eigenvalue weighted by molar-refractivity contribution is -0.153. The number of carboxylic acids is 1. The number of hydrogen-bond acceptors (Lipinski definition) is 4. The minimum atomic E-state index is -0.868. The van der Waals surface area contributed by atoms with E-state index < -0.39 is 17.5 Å². The lowest BCUT2D eigenvalue weighted by Gasteiger charge is -2.37. The van der Waals surface area contributed by atoms with Gasteiger partial charge in [0.2, 0.25) is 5.91 Å². The second-order valence-electron chi connectivity index (χ2n) is 10.0. The monoisotopic (exact) mass is 478 g/mol. The number of ether oxygens (including phenoxy) is 1. The number of rotatable bonds is 8. The fraction of sp³-hybridized carbons (Fsp3) is 0.464. The summed E-state index contributed by atoms with van der Waals surface area (Å²) in [7, 11) is 0. The fourth-order valence-electron chi connectivity index (χ4n) is 5.26. The van der Waals surface area contributed by atoms with Gasteiger partial charge in [-0.25, -0.2) is 4.79 Å². The quantitative estimate of drug-likeness (QED) is 0.568. The van der Waals surface area contributed by atoms with Gasteiger partial charge in [0.05, 0.1) is 5.41 Å².